The lowest BCUT2D eigenvalue weighted by Crippen LogP contribution is -2.27. The lowest BCUT2D eigenvalue weighted by atomic mass is 10.1. The van der Waals surface area contributed by atoms with Crippen LogP contribution in [-0.2, 0) is 4.74 Å². The van der Waals surface area contributed by atoms with Gasteiger partial charge < -0.3 is 15.4 Å². The van der Waals surface area contributed by atoms with Gasteiger partial charge in [0.25, 0.3) is 5.91 Å². The van der Waals surface area contributed by atoms with Crippen LogP contribution in [0.4, 0.5) is 14.5 Å². The molecule has 0 unspecified atom stereocenters. The van der Waals surface area contributed by atoms with E-state index >= 15 is 0 Å². The van der Waals surface area contributed by atoms with Crippen LogP contribution < -0.4 is 10.6 Å². The molecule has 0 saturated heterocycles. The van der Waals surface area contributed by atoms with Gasteiger partial charge in [0.15, 0.2) is 0 Å². The van der Waals surface area contributed by atoms with Crippen molar-refractivity contribution in [2.45, 2.75) is 12.8 Å². The summed E-state index contributed by atoms with van der Waals surface area (Å²) in [5.74, 6) is -1.42. The summed E-state index contributed by atoms with van der Waals surface area (Å²) in [6.07, 6.45) is 2.42. The highest BCUT2D eigenvalue weighted by molar-refractivity contribution is 5.94. The van der Waals surface area contributed by atoms with Crippen LogP contribution in [-0.4, -0.2) is 32.7 Å². The van der Waals surface area contributed by atoms with Gasteiger partial charge >= 0.3 is 0 Å². The first-order valence-corrected chi connectivity index (χ1v) is 6.64. The summed E-state index contributed by atoms with van der Waals surface area (Å²) in [4.78, 5) is 11.7. The van der Waals surface area contributed by atoms with Gasteiger partial charge in [0.05, 0.1) is 6.61 Å². The molecule has 0 heterocycles. The van der Waals surface area contributed by atoms with Crippen LogP contribution in [0, 0.1) is 17.6 Å². The largest absolute Gasteiger partial charge is 0.383 e. The zero-order valence-electron chi connectivity index (χ0n) is 11.3. The standard InChI is InChI=1S/C14H18F2N2O2/c1-17-13-11(15)6-10(7-12(13)16)14(19)18-4-5-20-8-9-2-3-9/h6-7,9,17H,2-5,8H2,1H3,(H,18,19). The van der Waals surface area contributed by atoms with Gasteiger partial charge in [0.2, 0.25) is 0 Å². The van der Waals surface area contributed by atoms with Crippen LogP contribution in [0.1, 0.15) is 23.2 Å². The van der Waals surface area contributed by atoms with Gasteiger partial charge in [-0.3, -0.25) is 4.79 Å². The zero-order valence-corrected chi connectivity index (χ0v) is 11.3. The number of nitrogens with one attached hydrogen (secondary N) is 2. The highest BCUT2D eigenvalue weighted by Crippen LogP contribution is 2.28. The van der Waals surface area contributed by atoms with Gasteiger partial charge in [-0.05, 0) is 30.9 Å². The van der Waals surface area contributed by atoms with Crippen molar-refractivity contribution in [3.05, 3.63) is 29.3 Å². The van der Waals surface area contributed by atoms with Crippen LogP contribution in [0.2, 0.25) is 0 Å². The maximum atomic E-state index is 13.5. The van der Waals surface area contributed by atoms with Crippen molar-refractivity contribution in [1.29, 1.82) is 0 Å². The average Bonchev–Trinajstić information content (AvgIpc) is 3.21. The van der Waals surface area contributed by atoms with E-state index in [4.69, 9.17) is 4.74 Å². The molecule has 1 amide bonds. The van der Waals surface area contributed by atoms with Crippen LogP contribution in [0.25, 0.3) is 0 Å². The second kappa shape index (κ2) is 6.65. The van der Waals surface area contributed by atoms with Crippen LogP contribution in [0.3, 0.4) is 0 Å². The number of anilines is 1. The third-order valence-electron chi connectivity index (χ3n) is 3.14. The van der Waals surface area contributed by atoms with Crippen molar-refractivity contribution in [1.82, 2.24) is 5.32 Å². The Balaban J connectivity index is 1.81. The lowest BCUT2D eigenvalue weighted by Gasteiger charge is -2.09. The summed E-state index contributed by atoms with van der Waals surface area (Å²) < 4.78 is 32.4. The molecule has 2 N–H and O–H groups in total. The fourth-order valence-corrected chi connectivity index (χ4v) is 1.82. The predicted molar refractivity (Wildman–Crippen MR) is 71.8 cm³/mol. The maximum Gasteiger partial charge on any atom is 0.251 e. The molecule has 0 bridgehead atoms. The highest BCUT2D eigenvalue weighted by Gasteiger charge is 2.21. The number of carbonyl (C=O) groups excluding carboxylic acids is 1. The number of carbonyl (C=O) groups is 1. The average molecular weight is 284 g/mol. The Morgan fingerprint density at radius 2 is 2.00 bits per heavy atom. The number of hydrogen-bond acceptors (Lipinski definition) is 3. The van der Waals surface area contributed by atoms with Crippen molar-refractivity contribution < 1.29 is 18.3 Å². The summed E-state index contributed by atoms with van der Waals surface area (Å²) in [7, 11) is 1.42. The van der Waals surface area contributed by atoms with Crippen LogP contribution in [0.5, 0.6) is 0 Å². The molecule has 0 spiro atoms. The van der Waals surface area contributed by atoms with Gasteiger partial charge in [-0.1, -0.05) is 0 Å². The lowest BCUT2D eigenvalue weighted by molar-refractivity contribution is 0.0905. The van der Waals surface area contributed by atoms with Crippen LogP contribution >= 0.6 is 0 Å². The van der Waals surface area contributed by atoms with E-state index in [1.54, 1.807) is 0 Å². The summed E-state index contributed by atoms with van der Waals surface area (Å²) in [6, 6.07) is 2.02. The normalized spacial score (nSPS) is 14.2. The Bertz CT molecular complexity index is 467. The van der Waals surface area contributed by atoms with E-state index < -0.39 is 17.5 Å². The maximum absolute atomic E-state index is 13.5. The molecular weight excluding hydrogens is 266 g/mol. The van der Waals surface area contributed by atoms with Crippen molar-refractivity contribution in [2.24, 2.45) is 5.92 Å². The summed E-state index contributed by atoms with van der Waals surface area (Å²) in [6.45, 7) is 1.44. The third kappa shape index (κ3) is 3.90. The number of halogens is 2. The fourth-order valence-electron chi connectivity index (χ4n) is 1.82. The van der Waals surface area contributed by atoms with E-state index in [0.29, 0.717) is 19.1 Å². The van der Waals surface area contributed by atoms with Crippen molar-refractivity contribution in [2.75, 3.05) is 32.1 Å². The number of rotatable bonds is 7. The number of ether oxygens (including phenoxy) is 1. The van der Waals surface area contributed by atoms with Crippen molar-refractivity contribution in [3.63, 3.8) is 0 Å². The SMILES string of the molecule is CNc1c(F)cc(C(=O)NCCOCC2CC2)cc1F. The zero-order chi connectivity index (χ0) is 14.5. The fraction of sp³-hybridized carbons (Fsp3) is 0.500. The van der Waals surface area contributed by atoms with E-state index in [1.165, 1.54) is 19.9 Å². The topological polar surface area (TPSA) is 50.4 Å². The van der Waals surface area contributed by atoms with Gasteiger partial charge in [-0.15, -0.1) is 0 Å². The molecule has 1 aliphatic rings. The first-order chi connectivity index (χ1) is 9.61. The molecule has 2 rings (SSSR count). The molecule has 1 aromatic rings. The first-order valence-electron chi connectivity index (χ1n) is 6.64. The molecule has 0 aromatic heterocycles. The van der Waals surface area contributed by atoms with Gasteiger partial charge in [-0.25, -0.2) is 8.78 Å². The Kier molecular flexibility index (Phi) is 4.89. The van der Waals surface area contributed by atoms with Crippen molar-refractivity contribution in [3.8, 4) is 0 Å². The van der Waals surface area contributed by atoms with E-state index in [1.807, 2.05) is 0 Å². The Morgan fingerprint density at radius 1 is 1.35 bits per heavy atom. The number of benzene rings is 1. The number of hydrogen-bond donors (Lipinski definition) is 2. The summed E-state index contributed by atoms with van der Waals surface area (Å²) in [5, 5.41) is 4.97. The quantitative estimate of drug-likeness (QED) is 0.754. The molecule has 0 aliphatic heterocycles. The summed E-state index contributed by atoms with van der Waals surface area (Å²) >= 11 is 0. The van der Waals surface area contributed by atoms with E-state index in [-0.39, 0.29) is 11.3 Å². The Labute approximate surface area is 116 Å². The second-order valence-corrected chi connectivity index (χ2v) is 4.84. The first kappa shape index (κ1) is 14.7. The molecule has 0 atom stereocenters. The monoisotopic (exact) mass is 284 g/mol. The van der Waals surface area contributed by atoms with Crippen LogP contribution in [0.15, 0.2) is 12.1 Å². The second-order valence-electron chi connectivity index (χ2n) is 4.84. The summed E-state index contributed by atoms with van der Waals surface area (Å²) in [5.41, 5.74) is -0.282. The molecular formula is C14H18F2N2O2. The third-order valence-corrected chi connectivity index (χ3v) is 3.14. The molecule has 1 fully saturated rings. The van der Waals surface area contributed by atoms with E-state index in [0.717, 1.165) is 18.7 Å². The number of amides is 1. The Morgan fingerprint density at radius 3 is 2.55 bits per heavy atom. The highest BCUT2D eigenvalue weighted by atomic mass is 19.1. The molecule has 0 radical (unpaired) electrons. The molecule has 6 heteroatoms. The van der Waals surface area contributed by atoms with Gasteiger partial charge in [0.1, 0.15) is 17.3 Å². The predicted octanol–water partition coefficient (Wildman–Crippen LogP) is 2.16. The molecule has 20 heavy (non-hydrogen) atoms. The minimum Gasteiger partial charge on any atom is -0.383 e. The molecule has 4 nitrogen and oxygen atoms in total. The van der Waals surface area contributed by atoms with Crippen molar-refractivity contribution >= 4 is 11.6 Å². The van der Waals surface area contributed by atoms with Gasteiger partial charge in [-0.2, -0.15) is 0 Å². The molecule has 1 aliphatic carbocycles. The molecule has 1 saturated carbocycles. The van der Waals surface area contributed by atoms with Gasteiger partial charge in [0, 0.05) is 25.8 Å². The Hall–Kier alpha value is -1.69. The van der Waals surface area contributed by atoms with E-state index in [9.17, 15) is 13.6 Å². The minimum atomic E-state index is -0.789. The molecule has 1 aromatic carbocycles. The minimum absolute atomic E-state index is 0.0406. The molecule has 110 valence electrons. The van der Waals surface area contributed by atoms with E-state index in [2.05, 4.69) is 10.6 Å². The smallest absolute Gasteiger partial charge is 0.251 e.